The van der Waals surface area contributed by atoms with Crippen molar-refractivity contribution in [3.63, 3.8) is 0 Å². The van der Waals surface area contributed by atoms with Gasteiger partial charge in [0.05, 0.1) is 0 Å². The van der Waals surface area contributed by atoms with Crippen LogP contribution in [0.5, 0.6) is 0 Å². The summed E-state index contributed by atoms with van der Waals surface area (Å²) in [6, 6.07) is 0. The number of hydrogen-bond acceptors (Lipinski definition) is 2. The van der Waals surface area contributed by atoms with Gasteiger partial charge in [-0.2, -0.15) is 0 Å². The summed E-state index contributed by atoms with van der Waals surface area (Å²) in [5.74, 6) is 8.57. The van der Waals surface area contributed by atoms with Gasteiger partial charge in [-0.1, -0.05) is 62.8 Å². The first-order valence-corrected chi connectivity index (χ1v) is 24.3. The summed E-state index contributed by atoms with van der Waals surface area (Å²) >= 11 is 0. The Morgan fingerprint density at radius 3 is 1.30 bits per heavy atom. The molecule has 0 aliphatic heterocycles. The van der Waals surface area contributed by atoms with Crippen molar-refractivity contribution in [2.75, 3.05) is 0 Å². The second kappa shape index (κ2) is 16.2. The molecular weight excluding hydrogens is 512 g/mol. The molecule has 0 radical (unpaired) electrons. The zero-order valence-electron chi connectivity index (χ0n) is 24.0. The molecule has 194 valence electrons. The molecular formula is C26H54FeO2Si4. The molecule has 0 aromatic carbocycles. The van der Waals surface area contributed by atoms with Crippen LogP contribution in [0, 0.1) is 38.2 Å². The van der Waals surface area contributed by atoms with Gasteiger partial charge in [-0.15, -0.1) is 0 Å². The molecule has 0 bridgehead atoms. The van der Waals surface area contributed by atoms with Crippen molar-refractivity contribution >= 4 is 33.3 Å². The summed E-state index contributed by atoms with van der Waals surface area (Å²) < 4.78 is 12.9. The van der Waals surface area contributed by atoms with Crippen LogP contribution < -0.4 is 0 Å². The van der Waals surface area contributed by atoms with Gasteiger partial charge in [0.2, 0.25) is 0 Å². The minimum absolute atomic E-state index is 0. The van der Waals surface area contributed by atoms with Crippen LogP contribution in [0.2, 0.25) is 70.0 Å². The van der Waals surface area contributed by atoms with E-state index in [-0.39, 0.29) is 31.9 Å². The van der Waals surface area contributed by atoms with E-state index in [0.29, 0.717) is 0 Å². The SMILES string of the molecule is CC#CC#C[Si](C)(C)O[Si](C)(C)C1CCCC1.C[Si](C)(C)O[Si](C)(C)C1CCCC1.[CH3-].[CH3-].[Fe+2]. The first kappa shape index (κ1) is 38.0. The van der Waals surface area contributed by atoms with E-state index in [1.807, 2.05) is 6.92 Å². The third kappa shape index (κ3) is 15.2. The smallest absolute Gasteiger partial charge is 0.456 e. The van der Waals surface area contributed by atoms with Crippen LogP contribution in [0.25, 0.3) is 0 Å². The predicted octanol–water partition coefficient (Wildman–Crippen LogP) is 8.81. The summed E-state index contributed by atoms with van der Waals surface area (Å²) in [4.78, 5) is 0. The monoisotopic (exact) mass is 566 g/mol. The van der Waals surface area contributed by atoms with Crippen molar-refractivity contribution in [1.29, 1.82) is 0 Å². The Balaban J connectivity index is -0.000000514. The van der Waals surface area contributed by atoms with E-state index in [9.17, 15) is 0 Å². The van der Waals surface area contributed by atoms with Gasteiger partial charge in [0.25, 0.3) is 8.32 Å². The molecule has 0 atom stereocenters. The summed E-state index contributed by atoms with van der Waals surface area (Å²) in [5.41, 5.74) is 5.05. The Morgan fingerprint density at radius 1 is 0.606 bits per heavy atom. The number of hydrogen-bond donors (Lipinski definition) is 0. The molecule has 2 nitrogen and oxygen atoms in total. The molecule has 2 rings (SSSR count). The van der Waals surface area contributed by atoms with Crippen LogP contribution in [-0.4, -0.2) is 33.3 Å². The van der Waals surface area contributed by atoms with E-state index in [1.165, 1.54) is 51.4 Å². The summed E-state index contributed by atoms with van der Waals surface area (Å²) in [6.07, 6.45) is 11.3. The van der Waals surface area contributed by atoms with Crippen molar-refractivity contribution in [3.05, 3.63) is 14.9 Å². The molecule has 0 unspecified atom stereocenters. The van der Waals surface area contributed by atoms with Crippen LogP contribution in [-0.2, 0) is 25.3 Å². The molecule has 0 spiro atoms. The topological polar surface area (TPSA) is 18.5 Å². The Morgan fingerprint density at radius 2 is 0.970 bits per heavy atom. The fraction of sp³-hybridized carbons (Fsp3) is 0.769. The van der Waals surface area contributed by atoms with Crippen molar-refractivity contribution in [2.24, 2.45) is 0 Å². The third-order valence-electron chi connectivity index (χ3n) is 6.32. The summed E-state index contributed by atoms with van der Waals surface area (Å²) in [6.45, 7) is 22.7. The van der Waals surface area contributed by atoms with E-state index in [1.54, 1.807) is 0 Å². The van der Waals surface area contributed by atoms with Gasteiger partial charge < -0.3 is 23.1 Å². The standard InChI is InChI=1S/C14H24OSi2.C10H24OSi2.2CH3.Fe/c1-6-7-10-13-16(2,3)15-17(4,5)14-11-8-9-12-14;1-12(2,3)11-13(4,5)10-8-6-7-9-10;;;/h14H,8-9,11-12H2,1-5H3;10H,6-9H2,1-5H3;2*1H3;/q;;2*-1;+2. The zero-order chi connectivity index (χ0) is 23.1. The first-order chi connectivity index (χ1) is 13.7. The van der Waals surface area contributed by atoms with Crippen molar-refractivity contribution in [2.45, 2.75) is 128 Å². The Labute approximate surface area is 224 Å². The normalized spacial score (nSPS) is 17.0. The molecule has 7 heteroatoms. The Bertz CT molecular complexity index is 652. The van der Waals surface area contributed by atoms with E-state index < -0.39 is 33.3 Å². The second-order valence-electron chi connectivity index (χ2n) is 11.6. The maximum Gasteiger partial charge on any atom is 2.00 e. The second-order valence-corrected chi connectivity index (χ2v) is 28.8. The molecule has 0 heterocycles. The molecule has 2 aliphatic carbocycles. The van der Waals surface area contributed by atoms with E-state index in [0.717, 1.165) is 11.1 Å². The average Bonchev–Trinajstić information content (AvgIpc) is 3.27. The van der Waals surface area contributed by atoms with E-state index in [4.69, 9.17) is 8.23 Å². The molecule has 0 aromatic heterocycles. The summed E-state index contributed by atoms with van der Waals surface area (Å²) in [5, 5.41) is 0. The van der Waals surface area contributed by atoms with Gasteiger partial charge in [-0.05, 0) is 88.8 Å². The van der Waals surface area contributed by atoms with Crippen LogP contribution in [0.4, 0.5) is 0 Å². The molecule has 33 heavy (non-hydrogen) atoms. The van der Waals surface area contributed by atoms with Gasteiger partial charge in [0.15, 0.2) is 25.0 Å². The molecule has 2 fully saturated rings. The van der Waals surface area contributed by atoms with Gasteiger partial charge in [0, 0.05) is 0 Å². The maximum absolute atomic E-state index is 6.49. The van der Waals surface area contributed by atoms with Crippen LogP contribution in [0.3, 0.4) is 0 Å². The Kier molecular flexibility index (Phi) is 18.7. The van der Waals surface area contributed by atoms with Gasteiger partial charge >= 0.3 is 17.1 Å². The predicted molar refractivity (Wildman–Crippen MR) is 156 cm³/mol. The minimum atomic E-state index is -1.85. The van der Waals surface area contributed by atoms with Crippen molar-refractivity contribution in [3.8, 4) is 23.3 Å². The van der Waals surface area contributed by atoms with E-state index in [2.05, 4.69) is 82.2 Å². The van der Waals surface area contributed by atoms with E-state index >= 15 is 0 Å². The molecule has 0 saturated heterocycles. The average molecular weight is 567 g/mol. The van der Waals surface area contributed by atoms with Crippen molar-refractivity contribution < 1.29 is 25.3 Å². The largest absolute Gasteiger partial charge is 2.00 e. The molecule has 0 N–H and O–H groups in total. The Hall–Kier alpha value is 0.427. The quantitative estimate of drug-likeness (QED) is 0.182. The van der Waals surface area contributed by atoms with Gasteiger partial charge in [0.1, 0.15) is 0 Å². The van der Waals surface area contributed by atoms with Gasteiger partial charge in [-0.3, -0.25) is 0 Å². The number of rotatable bonds is 6. The van der Waals surface area contributed by atoms with Crippen molar-refractivity contribution in [1.82, 2.24) is 0 Å². The molecule has 2 saturated carbocycles. The van der Waals surface area contributed by atoms with Crippen LogP contribution in [0.15, 0.2) is 0 Å². The molecule has 0 aromatic rings. The first-order valence-electron chi connectivity index (χ1n) is 12.0. The molecule has 2 aliphatic rings. The molecule has 0 amide bonds. The minimum Gasteiger partial charge on any atom is -0.456 e. The zero-order valence-corrected chi connectivity index (χ0v) is 29.1. The summed E-state index contributed by atoms with van der Waals surface area (Å²) in [7, 11) is -6.04. The fourth-order valence-electron chi connectivity index (χ4n) is 5.13. The van der Waals surface area contributed by atoms with Gasteiger partial charge in [-0.25, -0.2) is 0 Å². The van der Waals surface area contributed by atoms with Crippen LogP contribution >= 0.6 is 0 Å². The maximum atomic E-state index is 6.49. The van der Waals surface area contributed by atoms with Crippen LogP contribution in [0.1, 0.15) is 58.3 Å². The third-order valence-corrected chi connectivity index (χ3v) is 20.8. The fourth-order valence-corrected chi connectivity index (χ4v) is 22.2.